The van der Waals surface area contributed by atoms with E-state index in [-0.39, 0.29) is 13.1 Å². The third-order valence-corrected chi connectivity index (χ3v) is 9.02. The van der Waals surface area contributed by atoms with Gasteiger partial charge < -0.3 is 18.9 Å². The first kappa shape index (κ1) is 18.9. The average molecular weight is 414 g/mol. The summed E-state index contributed by atoms with van der Waals surface area (Å²) in [5, 5.41) is 0. The number of nitrogens with zero attached hydrogens (tertiary/aromatic N) is 4. The summed E-state index contributed by atoms with van der Waals surface area (Å²) in [6, 6.07) is 0. The lowest BCUT2D eigenvalue weighted by Crippen LogP contribution is -2.42. The first-order valence-electron chi connectivity index (χ1n) is 8.26. The molecule has 0 bridgehead atoms. The lowest BCUT2D eigenvalue weighted by atomic mass is 10.5. The van der Waals surface area contributed by atoms with Crippen LogP contribution in [-0.2, 0) is 39.4 Å². The SMILES string of the molecule is CCN1C2OC(C3OC4C(O3)N(CC)S(=O)(=O)N4C)OC2N(C)S1(=O)=O. The molecule has 0 radical (unpaired) electrons. The van der Waals surface area contributed by atoms with E-state index < -0.39 is 57.9 Å². The summed E-state index contributed by atoms with van der Waals surface area (Å²) in [6.07, 6.45) is -5.20. The summed E-state index contributed by atoms with van der Waals surface area (Å²) in [4.78, 5) is 0. The molecule has 0 aromatic carbocycles. The van der Waals surface area contributed by atoms with E-state index in [1.165, 1.54) is 22.7 Å². The van der Waals surface area contributed by atoms with Gasteiger partial charge in [-0.15, -0.1) is 0 Å². The predicted octanol–water partition coefficient (Wildman–Crippen LogP) is -1.94. The van der Waals surface area contributed by atoms with Crippen LogP contribution in [0.2, 0.25) is 0 Å². The molecule has 12 nitrogen and oxygen atoms in total. The van der Waals surface area contributed by atoms with Crippen molar-refractivity contribution < 1.29 is 35.8 Å². The minimum atomic E-state index is -3.63. The number of hydrogen-bond donors (Lipinski definition) is 0. The molecule has 6 unspecified atom stereocenters. The van der Waals surface area contributed by atoms with E-state index in [0.29, 0.717) is 0 Å². The molecule has 26 heavy (non-hydrogen) atoms. The van der Waals surface area contributed by atoms with Gasteiger partial charge in [-0.3, -0.25) is 0 Å². The molecule has 4 aliphatic heterocycles. The molecule has 6 atom stereocenters. The highest BCUT2D eigenvalue weighted by Gasteiger charge is 2.62. The molecule has 4 aliphatic rings. The molecule has 0 aromatic heterocycles. The minimum Gasteiger partial charge on any atom is -0.324 e. The lowest BCUT2D eigenvalue weighted by Gasteiger charge is -2.25. The zero-order chi connectivity index (χ0) is 19.0. The largest absolute Gasteiger partial charge is 0.324 e. The van der Waals surface area contributed by atoms with Gasteiger partial charge in [0.2, 0.25) is 12.6 Å². The summed E-state index contributed by atoms with van der Waals surface area (Å²) in [7, 11) is -4.44. The maximum atomic E-state index is 12.3. The number of hydrogen-bond acceptors (Lipinski definition) is 8. The van der Waals surface area contributed by atoms with Crippen LogP contribution >= 0.6 is 0 Å². The summed E-state index contributed by atoms with van der Waals surface area (Å²) in [6.45, 7) is 3.87. The molecule has 0 amide bonds. The van der Waals surface area contributed by atoms with Crippen LogP contribution in [0.3, 0.4) is 0 Å². The van der Waals surface area contributed by atoms with Crippen LogP contribution in [0.25, 0.3) is 0 Å². The molecule has 0 saturated carbocycles. The van der Waals surface area contributed by atoms with Crippen molar-refractivity contribution in [3.05, 3.63) is 0 Å². The average Bonchev–Trinajstić information content (AvgIpc) is 3.25. The van der Waals surface area contributed by atoms with Gasteiger partial charge in [-0.05, 0) is 0 Å². The van der Waals surface area contributed by atoms with Gasteiger partial charge in [0.1, 0.15) is 0 Å². The molecule has 4 fully saturated rings. The van der Waals surface area contributed by atoms with Crippen LogP contribution in [0.5, 0.6) is 0 Å². The van der Waals surface area contributed by atoms with Gasteiger partial charge in [-0.1, -0.05) is 13.8 Å². The Morgan fingerprint density at radius 2 is 0.962 bits per heavy atom. The van der Waals surface area contributed by atoms with Crippen molar-refractivity contribution in [3.63, 3.8) is 0 Å². The molecular weight excluding hydrogens is 392 g/mol. The van der Waals surface area contributed by atoms with Gasteiger partial charge in [-0.25, -0.2) is 0 Å². The second kappa shape index (κ2) is 6.04. The molecule has 0 spiro atoms. The first-order chi connectivity index (χ1) is 12.1. The van der Waals surface area contributed by atoms with E-state index in [1.54, 1.807) is 13.8 Å². The van der Waals surface area contributed by atoms with E-state index in [1.807, 2.05) is 0 Å². The normalized spacial score (nSPS) is 46.0. The Morgan fingerprint density at radius 1 is 0.654 bits per heavy atom. The van der Waals surface area contributed by atoms with Crippen molar-refractivity contribution >= 4 is 20.4 Å². The quantitative estimate of drug-likeness (QED) is 0.524. The van der Waals surface area contributed by atoms with E-state index in [0.717, 1.165) is 8.61 Å². The van der Waals surface area contributed by atoms with E-state index in [4.69, 9.17) is 18.9 Å². The van der Waals surface area contributed by atoms with Gasteiger partial charge in [0.15, 0.2) is 24.9 Å². The zero-order valence-corrected chi connectivity index (χ0v) is 16.4. The molecule has 14 heteroatoms. The molecule has 0 aliphatic carbocycles. The van der Waals surface area contributed by atoms with Crippen LogP contribution < -0.4 is 0 Å². The number of likely N-dealkylation sites (N-methyl/N-ethyl adjacent to an activating group) is 4. The molecule has 0 aromatic rings. The summed E-state index contributed by atoms with van der Waals surface area (Å²) in [5.74, 6) is 0. The number of ether oxygens (including phenoxy) is 4. The van der Waals surface area contributed by atoms with Gasteiger partial charge in [0.05, 0.1) is 0 Å². The Bertz CT molecular complexity index is 725. The van der Waals surface area contributed by atoms with Crippen LogP contribution in [0, 0.1) is 0 Å². The highest BCUT2D eigenvalue weighted by molar-refractivity contribution is 7.87. The van der Waals surface area contributed by atoms with Gasteiger partial charge >= 0.3 is 0 Å². The lowest BCUT2D eigenvalue weighted by molar-refractivity contribution is -0.237. The Balaban J connectivity index is 1.51. The second-order valence-corrected chi connectivity index (χ2v) is 10.2. The van der Waals surface area contributed by atoms with Crippen LogP contribution in [-0.4, -0.2) is 98.7 Å². The van der Waals surface area contributed by atoms with Gasteiger partial charge in [0, 0.05) is 27.2 Å². The number of rotatable bonds is 3. The molecular formula is C12H22N4O8S2. The summed E-state index contributed by atoms with van der Waals surface area (Å²) < 4.78 is 76.6. The third kappa shape index (κ3) is 2.35. The Labute approximate surface area is 152 Å². The minimum absolute atomic E-state index is 0.228. The Morgan fingerprint density at radius 3 is 1.27 bits per heavy atom. The standard InChI is InChI=1S/C12H22N4O8S2/c1-5-15-9-7(13(3)25(15,17)18)21-11(23-9)12-22-8-10(24-12)16(6-2)26(19,20)14(8)4/h7-12H,5-6H2,1-4H3. The summed E-state index contributed by atoms with van der Waals surface area (Å²) in [5.41, 5.74) is 0. The molecule has 0 N–H and O–H groups in total. The third-order valence-electron chi connectivity index (χ3n) is 5.03. The molecule has 4 heterocycles. The van der Waals surface area contributed by atoms with E-state index >= 15 is 0 Å². The zero-order valence-electron chi connectivity index (χ0n) is 14.7. The second-order valence-electron chi connectivity index (χ2n) is 6.30. The van der Waals surface area contributed by atoms with Gasteiger partial charge in [0.25, 0.3) is 20.4 Å². The Hall–Kier alpha value is -0.420. The fourth-order valence-corrected chi connectivity index (χ4v) is 6.61. The van der Waals surface area contributed by atoms with Crippen LogP contribution in [0.15, 0.2) is 0 Å². The monoisotopic (exact) mass is 414 g/mol. The van der Waals surface area contributed by atoms with Crippen molar-refractivity contribution in [2.45, 2.75) is 51.3 Å². The fourth-order valence-electron chi connectivity index (χ4n) is 3.63. The van der Waals surface area contributed by atoms with Crippen LogP contribution in [0.4, 0.5) is 0 Å². The first-order valence-corrected chi connectivity index (χ1v) is 11.1. The maximum absolute atomic E-state index is 12.3. The van der Waals surface area contributed by atoms with Crippen LogP contribution in [0.1, 0.15) is 13.8 Å². The van der Waals surface area contributed by atoms with Crippen molar-refractivity contribution in [1.29, 1.82) is 0 Å². The topological polar surface area (TPSA) is 118 Å². The maximum Gasteiger partial charge on any atom is 0.286 e. The summed E-state index contributed by atoms with van der Waals surface area (Å²) >= 11 is 0. The van der Waals surface area contributed by atoms with Gasteiger partial charge in [-0.2, -0.15) is 34.1 Å². The smallest absolute Gasteiger partial charge is 0.286 e. The van der Waals surface area contributed by atoms with Crippen molar-refractivity contribution in [1.82, 2.24) is 17.2 Å². The molecule has 4 saturated heterocycles. The van der Waals surface area contributed by atoms with Crippen molar-refractivity contribution in [2.24, 2.45) is 0 Å². The number of fused-ring (bicyclic) bond motifs is 2. The van der Waals surface area contributed by atoms with Crippen molar-refractivity contribution in [2.75, 3.05) is 27.2 Å². The Kier molecular flexibility index (Phi) is 4.39. The van der Waals surface area contributed by atoms with E-state index in [2.05, 4.69) is 0 Å². The predicted molar refractivity (Wildman–Crippen MR) is 85.2 cm³/mol. The molecule has 150 valence electrons. The highest BCUT2D eigenvalue weighted by Crippen LogP contribution is 2.41. The highest BCUT2D eigenvalue weighted by atomic mass is 32.2. The van der Waals surface area contributed by atoms with E-state index in [9.17, 15) is 16.8 Å². The molecule has 4 rings (SSSR count). The fraction of sp³-hybridized carbons (Fsp3) is 1.00. The van der Waals surface area contributed by atoms with Crippen molar-refractivity contribution in [3.8, 4) is 0 Å².